The quantitative estimate of drug-likeness (QED) is 0.548. The Morgan fingerprint density at radius 3 is 2.62 bits per heavy atom. The number of para-hydroxylation sites is 1. The summed E-state index contributed by atoms with van der Waals surface area (Å²) in [5.41, 5.74) is 6.25. The third-order valence-corrected chi connectivity index (χ3v) is 6.29. The number of rotatable bonds is 2. The largest absolute Gasteiger partial charge is 0.354 e. The van der Waals surface area contributed by atoms with Gasteiger partial charge in [0.2, 0.25) is 5.91 Å². The Morgan fingerprint density at radius 2 is 1.79 bits per heavy atom. The maximum absolute atomic E-state index is 12.9. The van der Waals surface area contributed by atoms with Crippen molar-refractivity contribution in [1.29, 1.82) is 0 Å². The Hall–Kier alpha value is -3.60. The Bertz CT molecular complexity index is 1240. The number of amides is 1. The Balaban J connectivity index is 1.43. The van der Waals surface area contributed by atoms with Crippen LogP contribution in [0.4, 0.5) is 11.4 Å². The van der Waals surface area contributed by atoms with Gasteiger partial charge >= 0.3 is 0 Å². The molecular weight excluding hydrogens is 360 g/mol. The number of hydrogen-bond acceptors (Lipinski definition) is 3. The number of nitrogens with zero attached hydrogens (tertiary/aromatic N) is 2. The molecule has 0 saturated carbocycles. The van der Waals surface area contributed by atoms with Gasteiger partial charge in [-0.2, -0.15) is 5.10 Å². The first-order valence-electron chi connectivity index (χ1n) is 9.95. The first-order valence-corrected chi connectivity index (χ1v) is 9.95. The number of carbonyl (C=O) groups excluding carboxylic acids is 1. The van der Waals surface area contributed by atoms with Crippen molar-refractivity contribution in [3.63, 3.8) is 0 Å². The molecule has 0 aliphatic carbocycles. The normalized spacial score (nSPS) is 20.4. The first kappa shape index (κ1) is 16.4. The lowest BCUT2D eigenvalue weighted by Crippen LogP contribution is -2.50. The number of carbonyl (C=O) groups is 1. The minimum absolute atomic E-state index is 0.128. The maximum atomic E-state index is 12.9. The fourth-order valence-corrected chi connectivity index (χ4v) is 4.86. The van der Waals surface area contributed by atoms with Gasteiger partial charge in [0.25, 0.3) is 0 Å². The van der Waals surface area contributed by atoms with Crippen molar-refractivity contribution in [2.75, 3.05) is 11.4 Å². The average molecular weight is 380 g/mol. The molecule has 2 N–H and O–H groups in total. The summed E-state index contributed by atoms with van der Waals surface area (Å²) in [7, 11) is 0. The second-order valence-electron chi connectivity index (χ2n) is 7.90. The first-order chi connectivity index (χ1) is 14.2. The third-order valence-electron chi connectivity index (χ3n) is 6.29. The zero-order valence-corrected chi connectivity index (χ0v) is 15.9. The molecule has 1 spiro atoms. The second kappa shape index (κ2) is 5.95. The minimum Gasteiger partial charge on any atom is -0.354 e. The molecule has 4 aromatic rings. The summed E-state index contributed by atoms with van der Waals surface area (Å²) in [6.07, 6.45) is 3.42. The highest BCUT2D eigenvalue weighted by atomic mass is 16.2. The zero-order valence-electron chi connectivity index (χ0n) is 15.9. The van der Waals surface area contributed by atoms with Crippen LogP contribution in [0.5, 0.6) is 0 Å². The highest BCUT2D eigenvalue weighted by Crippen LogP contribution is 2.47. The molecule has 1 atom stereocenters. The zero-order chi connectivity index (χ0) is 19.4. The van der Waals surface area contributed by atoms with Crippen molar-refractivity contribution < 1.29 is 4.79 Å². The molecule has 6 rings (SSSR count). The summed E-state index contributed by atoms with van der Waals surface area (Å²) >= 11 is 0. The maximum Gasteiger partial charge on any atom is 0.246 e. The number of benzene rings is 3. The topological polar surface area (TPSA) is 61.0 Å². The minimum atomic E-state index is -0.513. The molecular formula is C24H20N4O. The van der Waals surface area contributed by atoms with Crippen LogP contribution in [0, 0.1) is 0 Å². The van der Waals surface area contributed by atoms with Crippen molar-refractivity contribution >= 4 is 28.2 Å². The summed E-state index contributed by atoms with van der Waals surface area (Å²) in [4.78, 5) is 15.1. The van der Waals surface area contributed by atoms with E-state index in [4.69, 9.17) is 0 Å². The Morgan fingerprint density at radius 1 is 0.966 bits per heavy atom. The molecule has 1 unspecified atom stereocenters. The summed E-state index contributed by atoms with van der Waals surface area (Å²) in [6, 6.07) is 23.2. The van der Waals surface area contributed by atoms with E-state index in [2.05, 4.69) is 81.1 Å². The molecule has 5 nitrogen and oxygen atoms in total. The summed E-state index contributed by atoms with van der Waals surface area (Å²) < 4.78 is 0. The molecule has 142 valence electrons. The van der Waals surface area contributed by atoms with Crippen molar-refractivity contribution in [3.8, 4) is 11.1 Å². The SMILES string of the molecule is O=C1NCCC12Cc1ccccc1N2c1ccc(-c2ccc3[nH]ncc3c2)cc1. The number of aromatic nitrogens is 2. The highest BCUT2D eigenvalue weighted by molar-refractivity contribution is 5.98. The molecule has 1 aromatic heterocycles. The van der Waals surface area contributed by atoms with E-state index in [1.807, 2.05) is 12.3 Å². The van der Waals surface area contributed by atoms with E-state index < -0.39 is 5.54 Å². The predicted octanol–water partition coefficient (Wildman–Crippen LogP) is 4.18. The fourth-order valence-electron chi connectivity index (χ4n) is 4.86. The number of H-pyrrole nitrogens is 1. The van der Waals surface area contributed by atoms with Crippen LogP contribution in [0.1, 0.15) is 12.0 Å². The van der Waals surface area contributed by atoms with Crippen LogP contribution in [0.15, 0.2) is 72.9 Å². The summed E-state index contributed by atoms with van der Waals surface area (Å²) in [5.74, 6) is 0.128. The van der Waals surface area contributed by atoms with E-state index in [9.17, 15) is 4.79 Å². The van der Waals surface area contributed by atoms with Crippen LogP contribution >= 0.6 is 0 Å². The van der Waals surface area contributed by atoms with Gasteiger partial charge in [-0.1, -0.05) is 36.4 Å². The monoisotopic (exact) mass is 380 g/mol. The van der Waals surface area contributed by atoms with Crippen LogP contribution in [0.25, 0.3) is 22.0 Å². The second-order valence-corrected chi connectivity index (χ2v) is 7.90. The van der Waals surface area contributed by atoms with Crippen LogP contribution in [0.2, 0.25) is 0 Å². The van der Waals surface area contributed by atoms with Crippen molar-refractivity contribution in [2.45, 2.75) is 18.4 Å². The van der Waals surface area contributed by atoms with Crippen molar-refractivity contribution in [1.82, 2.24) is 15.5 Å². The molecule has 0 radical (unpaired) electrons. The van der Waals surface area contributed by atoms with Gasteiger partial charge in [0.1, 0.15) is 5.54 Å². The molecule has 1 fully saturated rings. The van der Waals surface area contributed by atoms with E-state index in [1.165, 1.54) is 5.56 Å². The molecule has 0 bridgehead atoms. The number of nitrogens with one attached hydrogen (secondary N) is 2. The molecule has 5 heteroatoms. The molecule has 3 aromatic carbocycles. The van der Waals surface area contributed by atoms with E-state index in [-0.39, 0.29) is 5.91 Å². The molecule has 29 heavy (non-hydrogen) atoms. The smallest absolute Gasteiger partial charge is 0.246 e. The van der Waals surface area contributed by atoms with E-state index in [0.29, 0.717) is 0 Å². The number of aromatic amines is 1. The van der Waals surface area contributed by atoms with Crippen molar-refractivity contribution in [3.05, 3.63) is 78.5 Å². The van der Waals surface area contributed by atoms with Crippen LogP contribution in [-0.4, -0.2) is 28.2 Å². The van der Waals surface area contributed by atoms with Crippen LogP contribution in [0.3, 0.4) is 0 Å². The lowest BCUT2D eigenvalue weighted by molar-refractivity contribution is -0.123. The van der Waals surface area contributed by atoms with Gasteiger partial charge in [0.15, 0.2) is 0 Å². The van der Waals surface area contributed by atoms with Gasteiger partial charge in [0, 0.05) is 29.7 Å². The average Bonchev–Trinajstić information content (AvgIpc) is 3.45. The van der Waals surface area contributed by atoms with Gasteiger partial charge in [-0.05, 0) is 53.4 Å². The lowest BCUT2D eigenvalue weighted by atomic mass is 9.92. The standard InChI is InChI=1S/C24H20N4O/c29-23-24(11-12-25-23)14-18-3-1-2-4-22(18)28(24)20-8-5-16(6-9-20)17-7-10-21-19(13-17)15-26-27-21/h1-10,13,15H,11-12,14H2,(H,25,29)(H,26,27). The number of hydrogen-bond donors (Lipinski definition) is 2. The molecule has 1 saturated heterocycles. The van der Waals surface area contributed by atoms with E-state index >= 15 is 0 Å². The van der Waals surface area contributed by atoms with Gasteiger partial charge in [-0.25, -0.2) is 0 Å². The molecule has 1 amide bonds. The number of fused-ring (bicyclic) bond motifs is 2. The van der Waals surface area contributed by atoms with Gasteiger partial charge in [-0.3, -0.25) is 9.89 Å². The van der Waals surface area contributed by atoms with Gasteiger partial charge in [0.05, 0.1) is 11.7 Å². The fraction of sp³-hybridized carbons (Fsp3) is 0.167. The third kappa shape index (κ3) is 2.34. The molecule has 2 aliphatic rings. The molecule has 2 aliphatic heterocycles. The Kier molecular flexibility index (Phi) is 3.36. The highest BCUT2D eigenvalue weighted by Gasteiger charge is 2.52. The Labute approximate surface area is 168 Å². The molecule has 3 heterocycles. The van der Waals surface area contributed by atoms with Crippen LogP contribution < -0.4 is 10.2 Å². The van der Waals surface area contributed by atoms with Gasteiger partial charge < -0.3 is 10.2 Å². The van der Waals surface area contributed by atoms with E-state index in [1.54, 1.807) is 0 Å². The summed E-state index contributed by atoms with van der Waals surface area (Å²) in [5, 5.41) is 11.2. The lowest BCUT2D eigenvalue weighted by Gasteiger charge is -2.35. The van der Waals surface area contributed by atoms with Gasteiger partial charge in [-0.15, -0.1) is 0 Å². The predicted molar refractivity (Wildman–Crippen MR) is 114 cm³/mol. The van der Waals surface area contributed by atoms with Crippen molar-refractivity contribution in [2.24, 2.45) is 0 Å². The number of anilines is 2. The summed E-state index contributed by atoms with van der Waals surface area (Å²) in [6.45, 7) is 0.728. The van der Waals surface area contributed by atoms with E-state index in [0.717, 1.165) is 52.8 Å². The van der Waals surface area contributed by atoms with Crippen LogP contribution in [-0.2, 0) is 11.2 Å².